The van der Waals surface area contributed by atoms with Crippen molar-refractivity contribution >= 4 is 29.0 Å². The lowest BCUT2D eigenvalue weighted by atomic mass is 10.3. The number of nitrogens with zero attached hydrogens (tertiary/aromatic N) is 4. The van der Waals surface area contributed by atoms with Gasteiger partial charge in [0.2, 0.25) is 11.6 Å². The highest BCUT2D eigenvalue weighted by atomic mass is 32.2. The van der Waals surface area contributed by atoms with E-state index in [-0.39, 0.29) is 28.7 Å². The first-order valence-corrected chi connectivity index (χ1v) is 9.83. The van der Waals surface area contributed by atoms with E-state index in [4.69, 9.17) is 4.74 Å². The fraction of sp³-hybridized carbons (Fsp3) is 0.100. The molecular formula is C20H16FN5O3S. The number of methoxy groups -OCH3 is 1. The Bertz CT molecular complexity index is 1270. The molecule has 0 fully saturated rings. The van der Waals surface area contributed by atoms with Crippen LogP contribution in [0.1, 0.15) is 0 Å². The predicted octanol–water partition coefficient (Wildman–Crippen LogP) is 2.76. The minimum absolute atomic E-state index is 0.0494. The van der Waals surface area contributed by atoms with E-state index in [0.29, 0.717) is 22.3 Å². The van der Waals surface area contributed by atoms with E-state index in [1.54, 1.807) is 30.6 Å². The summed E-state index contributed by atoms with van der Waals surface area (Å²) in [6.07, 6.45) is 3.25. The molecular weight excluding hydrogens is 409 g/mol. The van der Waals surface area contributed by atoms with Crippen molar-refractivity contribution in [1.82, 2.24) is 19.2 Å². The van der Waals surface area contributed by atoms with Crippen LogP contribution < -0.4 is 15.6 Å². The summed E-state index contributed by atoms with van der Waals surface area (Å²) in [5.74, 6) is -0.0642. The standard InChI is InChI=1S/C20H16FN5O3S/c1-29-16-5-3-2-4-15(16)25-10-11-26-18(19(25)28)23-24-20(26)30-12-17(27)22-14-8-6-13(21)7-9-14/h2-11H,12H2,1H3,(H,22,27). The topological polar surface area (TPSA) is 90.5 Å². The zero-order valence-electron chi connectivity index (χ0n) is 15.8. The number of ether oxygens (including phenoxy) is 1. The fourth-order valence-electron chi connectivity index (χ4n) is 2.84. The number of carbonyl (C=O) groups is 1. The maximum Gasteiger partial charge on any atom is 0.300 e. The largest absolute Gasteiger partial charge is 0.495 e. The van der Waals surface area contributed by atoms with Crippen LogP contribution in [0.15, 0.2) is 70.9 Å². The average molecular weight is 425 g/mol. The van der Waals surface area contributed by atoms with E-state index in [1.807, 2.05) is 6.07 Å². The van der Waals surface area contributed by atoms with Crippen molar-refractivity contribution in [3.8, 4) is 11.4 Å². The lowest BCUT2D eigenvalue weighted by molar-refractivity contribution is -0.113. The first-order chi connectivity index (χ1) is 14.6. The van der Waals surface area contributed by atoms with Crippen LogP contribution in [0.25, 0.3) is 11.3 Å². The molecule has 2 aromatic carbocycles. The molecule has 0 aliphatic rings. The highest BCUT2D eigenvalue weighted by Crippen LogP contribution is 2.21. The molecule has 0 saturated heterocycles. The lowest BCUT2D eigenvalue weighted by Crippen LogP contribution is -2.20. The minimum atomic E-state index is -0.379. The van der Waals surface area contributed by atoms with Crippen molar-refractivity contribution < 1.29 is 13.9 Å². The molecule has 152 valence electrons. The number of para-hydroxylation sites is 2. The van der Waals surface area contributed by atoms with Crippen molar-refractivity contribution in [3.05, 3.63) is 77.1 Å². The van der Waals surface area contributed by atoms with Crippen molar-refractivity contribution in [2.75, 3.05) is 18.2 Å². The Labute approximate surface area is 174 Å². The number of hydrogen-bond donors (Lipinski definition) is 1. The Kier molecular flexibility index (Phi) is 5.48. The third kappa shape index (κ3) is 3.90. The summed E-state index contributed by atoms with van der Waals surface area (Å²) in [6, 6.07) is 12.6. The number of fused-ring (bicyclic) bond motifs is 1. The molecule has 0 radical (unpaired) electrons. The Morgan fingerprint density at radius 2 is 1.90 bits per heavy atom. The van der Waals surface area contributed by atoms with Crippen LogP contribution in [-0.2, 0) is 4.79 Å². The number of hydrogen-bond acceptors (Lipinski definition) is 6. The van der Waals surface area contributed by atoms with Crippen LogP contribution in [0.3, 0.4) is 0 Å². The van der Waals surface area contributed by atoms with Gasteiger partial charge in [0.25, 0.3) is 0 Å². The van der Waals surface area contributed by atoms with Gasteiger partial charge in [-0.3, -0.25) is 18.6 Å². The normalized spacial score (nSPS) is 10.9. The molecule has 4 rings (SSSR count). The maximum absolute atomic E-state index is 12.9. The number of halogens is 1. The van der Waals surface area contributed by atoms with E-state index >= 15 is 0 Å². The second kappa shape index (κ2) is 8.37. The Hall–Kier alpha value is -3.66. The van der Waals surface area contributed by atoms with Gasteiger partial charge in [-0.05, 0) is 36.4 Å². The van der Waals surface area contributed by atoms with Gasteiger partial charge in [-0.1, -0.05) is 23.9 Å². The first-order valence-electron chi connectivity index (χ1n) is 8.85. The molecule has 1 N–H and O–H groups in total. The van der Waals surface area contributed by atoms with Gasteiger partial charge >= 0.3 is 5.56 Å². The lowest BCUT2D eigenvalue weighted by Gasteiger charge is -2.10. The zero-order chi connectivity index (χ0) is 21.1. The molecule has 0 aliphatic carbocycles. The monoisotopic (exact) mass is 425 g/mol. The Balaban J connectivity index is 1.54. The summed E-state index contributed by atoms with van der Waals surface area (Å²) in [5.41, 5.74) is 0.845. The van der Waals surface area contributed by atoms with Gasteiger partial charge in [-0.2, -0.15) is 0 Å². The number of aromatic nitrogens is 4. The van der Waals surface area contributed by atoms with Gasteiger partial charge < -0.3 is 10.1 Å². The fourth-order valence-corrected chi connectivity index (χ4v) is 3.56. The molecule has 0 aliphatic heterocycles. The molecule has 1 amide bonds. The second-order valence-corrected chi connectivity index (χ2v) is 7.11. The van der Waals surface area contributed by atoms with Crippen LogP contribution in [0, 0.1) is 5.82 Å². The molecule has 0 atom stereocenters. The molecule has 2 aromatic heterocycles. The van der Waals surface area contributed by atoms with E-state index < -0.39 is 0 Å². The summed E-state index contributed by atoms with van der Waals surface area (Å²) in [4.78, 5) is 25.0. The molecule has 2 heterocycles. The number of nitrogens with one attached hydrogen (secondary N) is 1. The molecule has 30 heavy (non-hydrogen) atoms. The molecule has 0 bridgehead atoms. The molecule has 8 nitrogen and oxygen atoms in total. The van der Waals surface area contributed by atoms with Crippen LogP contribution >= 0.6 is 11.8 Å². The second-order valence-electron chi connectivity index (χ2n) is 6.17. The van der Waals surface area contributed by atoms with Crippen molar-refractivity contribution in [1.29, 1.82) is 0 Å². The van der Waals surface area contributed by atoms with Crippen LogP contribution in [0.4, 0.5) is 10.1 Å². The molecule has 0 saturated carbocycles. The number of amides is 1. The highest BCUT2D eigenvalue weighted by Gasteiger charge is 2.15. The number of carbonyl (C=O) groups excluding carboxylic acids is 1. The Morgan fingerprint density at radius 3 is 2.67 bits per heavy atom. The molecule has 0 spiro atoms. The van der Waals surface area contributed by atoms with Gasteiger partial charge in [-0.15, -0.1) is 10.2 Å². The summed E-state index contributed by atoms with van der Waals surface area (Å²) in [6.45, 7) is 0. The number of benzene rings is 2. The third-order valence-electron chi connectivity index (χ3n) is 4.24. The van der Waals surface area contributed by atoms with Crippen LogP contribution in [0.5, 0.6) is 5.75 Å². The summed E-state index contributed by atoms with van der Waals surface area (Å²) >= 11 is 1.14. The van der Waals surface area contributed by atoms with Gasteiger partial charge in [0.15, 0.2) is 5.16 Å². The van der Waals surface area contributed by atoms with Crippen molar-refractivity contribution in [2.24, 2.45) is 0 Å². The Morgan fingerprint density at radius 1 is 1.13 bits per heavy atom. The summed E-state index contributed by atoms with van der Waals surface area (Å²) in [5, 5.41) is 11.1. The van der Waals surface area contributed by atoms with Gasteiger partial charge in [0.05, 0.1) is 18.6 Å². The smallest absolute Gasteiger partial charge is 0.300 e. The number of anilines is 1. The van der Waals surface area contributed by atoms with Gasteiger partial charge in [0.1, 0.15) is 11.6 Å². The highest BCUT2D eigenvalue weighted by molar-refractivity contribution is 7.99. The maximum atomic E-state index is 12.9. The van der Waals surface area contributed by atoms with E-state index in [1.165, 1.54) is 40.3 Å². The predicted molar refractivity (Wildman–Crippen MR) is 111 cm³/mol. The van der Waals surface area contributed by atoms with E-state index in [0.717, 1.165) is 11.8 Å². The van der Waals surface area contributed by atoms with Crippen molar-refractivity contribution in [2.45, 2.75) is 5.16 Å². The summed E-state index contributed by atoms with van der Waals surface area (Å²) in [7, 11) is 1.53. The third-order valence-corrected chi connectivity index (χ3v) is 5.19. The van der Waals surface area contributed by atoms with Crippen LogP contribution in [-0.4, -0.2) is 37.9 Å². The van der Waals surface area contributed by atoms with Gasteiger partial charge in [0, 0.05) is 18.1 Å². The minimum Gasteiger partial charge on any atom is -0.495 e. The first kappa shape index (κ1) is 19.6. The average Bonchev–Trinajstić information content (AvgIpc) is 3.18. The SMILES string of the molecule is COc1ccccc1-n1ccn2c(SCC(=O)Nc3ccc(F)cc3)nnc2c1=O. The summed E-state index contributed by atoms with van der Waals surface area (Å²) < 4.78 is 21.2. The molecule has 4 aromatic rings. The van der Waals surface area contributed by atoms with E-state index in [9.17, 15) is 14.0 Å². The van der Waals surface area contributed by atoms with Gasteiger partial charge in [-0.25, -0.2) is 4.39 Å². The van der Waals surface area contributed by atoms with Crippen LogP contribution in [0.2, 0.25) is 0 Å². The quantitative estimate of drug-likeness (QED) is 0.478. The number of rotatable bonds is 6. The zero-order valence-corrected chi connectivity index (χ0v) is 16.6. The molecule has 10 heteroatoms. The van der Waals surface area contributed by atoms with Crippen molar-refractivity contribution in [3.63, 3.8) is 0 Å². The number of thioether (sulfide) groups is 1. The van der Waals surface area contributed by atoms with E-state index in [2.05, 4.69) is 15.5 Å². The molecule has 0 unspecified atom stereocenters.